The van der Waals surface area contributed by atoms with Gasteiger partial charge in [-0.15, -0.1) is 10.2 Å². The van der Waals surface area contributed by atoms with Crippen LogP contribution in [-0.2, 0) is 19.7 Å². The number of aromatic nitrogens is 3. The first kappa shape index (κ1) is 32.4. The third-order valence-corrected chi connectivity index (χ3v) is 7.07. The quantitative estimate of drug-likeness (QED) is 0.120. The van der Waals surface area contributed by atoms with Crippen LogP contribution in [0.5, 0.6) is 0 Å². The second-order valence-corrected chi connectivity index (χ2v) is 11.3. The number of nitrogens with one attached hydrogen (secondary N) is 1. The first-order valence-corrected chi connectivity index (χ1v) is 14.8. The number of rotatable bonds is 14. The van der Waals surface area contributed by atoms with Gasteiger partial charge in [-0.2, -0.15) is 18.8 Å². The molecule has 0 aliphatic carbocycles. The Bertz CT molecular complexity index is 1620. The van der Waals surface area contributed by atoms with Crippen molar-refractivity contribution in [1.29, 1.82) is 5.26 Å². The van der Waals surface area contributed by atoms with Crippen LogP contribution in [0.4, 0.5) is 22.9 Å². The number of amides is 1. The van der Waals surface area contributed by atoms with Crippen molar-refractivity contribution in [1.82, 2.24) is 14.8 Å². The predicted molar refractivity (Wildman–Crippen MR) is 156 cm³/mol. The molecule has 3 N–H and O–H groups in total. The van der Waals surface area contributed by atoms with Crippen LogP contribution in [0.3, 0.4) is 0 Å². The van der Waals surface area contributed by atoms with Crippen molar-refractivity contribution >= 4 is 68.1 Å². The molecule has 0 saturated heterocycles. The summed E-state index contributed by atoms with van der Waals surface area (Å²) in [5.41, 5.74) is 1.43. The van der Waals surface area contributed by atoms with Gasteiger partial charge in [-0.3, -0.25) is 19.1 Å². The summed E-state index contributed by atoms with van der Waals surface area (Å²) in [7, 11) is -4.11. The molecule has 0 saturated carbocycles. The topological polar surface area (TPSA) is 203 Å². The molecule has 0 fully saturated rings. The lowest BCUT2D eigenvalue weighted by atomic mass is 10.2. The number of benzene rings is 1. The van der Waals surface area contributed by atoms with Gasteiger partial charge in [-0.05, 0) is 37.5 Å². The molecule has 3 aromatic rings. The first-order valence-electron chi connectivity index (χ1n) is 12.4. The summed E-state index contributed by atoms with van der Waals surface area (Å²) in [5, 5.41) is 34.3. The second-order valence-electron chi connectivity index (χ2n) is 8.92. The monoisotopic (exact) mass is 636 g/mol. The molecule has 0 bridgehead atoms. The molecule has 2 aromatic heterocycles. The highest BCUT2D eigenvalue weighted by Crippen LogP contribution is 2.35. The van der Waals surface area contributed by atoms with Gasteiger partial charge < -0.3 is 15.3 Å². The van der Waals surface area contributed by atoms with Crippen LogP contribution in [0, 0.1) is 11.3 Å². The molecule has 0 radical (unpaired) electrons. The molecular formula is C25H26Cl2N8O6S. The SMILES string of the molecule is CC(=O)Nc1cc(N(CCCCS(=O)(=O)O)CCCC(=O)O)ccc1N=Nc1c(C#N)cnn1-c1c(Cl)cncc1Cl. The van der Waals surface area contributed by atoms with Gasteiger partial charge in [0.1, 0.15) is 23.0 Å². The van der Waals surface area contributed by atoms with E-state index in [1.807, 2.05) is 11.0 Å². The highest BCUT2D eigenvalue weighted by atomic mass is 35.5. The summed E-state index contributed by atoms with van der Waals surface area (Å²) in [5.74, 6) is -1.73. The molecule has 14 nitrogen and oxygen atoms in total. The summed E-state index contributed by atoms with van der Waals surface area (Å²) in [6.45, 7) is 1.99. The van der Waals surface area contributed by atoms with E-state index in [0.717, 1.165) is 0 Å². The van der Waals surface area contributed by atoms with Gasteiger partial charge in [-0.1, -0.05) is 23.2 Å². The Morgan fingerprint density at radius 1 is 1.12 bits per heavy atom. The summed E-state index contributed by atoms with van der Waals surface area (Å²) in [4.78, 5) is 28.8. The van der Waals surface area contributed by atoms with Gasteiger partial charge in [0.05, 0.1) is 27.7 Å². The third kappa shape index (κ3) is 9.21. The number of carbonyl (C=O) groups is 2. The number of carboxylic acid groups (broad SMARTS) is 1. The lowest BCUT2D eigenvalue weighted by Gasteiger charge is -2.25. The number of aliphatic carboxylic acids is 1. The summed E-state index contributed by atoms with van der Waals surface area (Å²) < 4.78 is 32.4. The number of unbranched alkanes of at least 4 members (excludes halogenated alkanes) is 1. The maximum Gasteiger partial charge on any atom is 0.303 e. The van der Waals surface area contributed by atoms with Crippen molar-refractivity contribution in [3.63, 3.8) is 0 Å². The molecule has 222 valence electrons. The number of carbonyl (C=O) groups excluding carboxylic acids is 1. The van der Waals surface area contributed by atoms with E-state index in [1.165, 1.54) is 30.2 Å². The van der Waals surface area contributed by atoms with Crippen LogP contribution < -0.4 is 10.2 Å². The van der Waals surface area contributed by atoms with Crippen LogP contribution >= 0.6 is 23.2 Å². The van der Waals surface area contributed by atoms with Crippen molar-refractivity contribution in [2.45, 2.75) is 32.6 Å². The minimum Gasteiger partial charge on any atom is -0.481 e. The Kier molecular flexibility index (Phi) is 11.3. The molecule has 42 heavy (non-hydrogen) atoms. The van der Waals surface area contributed by atoms with E-state index >= 15 is 0 Å². The average molecular weight is 638 g/mol. The van der Waals surface area contributed by atoms with Gasteiger partial charge >= 0.3 is 5.97 Å². The van der Waals surface area contributed by atoms with Crippen molar-refractivity contribution in [2.75, 3.05) is 29.1 Å². The Hall–Kier alpha value is -4.10. The van der Waals surface area contributed by atoms with Crippen molar-refractivity contribution < 1.29 is 27.7 Å². The first-order chi connectivity index (χ1) is 19.9. The van der Waals surface area contributed by atoms with Crippen molar-refractivity contribution in [2.24, 2.45) is 10.2 Å². The van der Waals surface area contributed by atoms with Crippen LogP contribution in [0.1, 0.15) is 38.2 Å². The number of halogens is 2. The van der Waals surface area contributed by atoms with E-state index in [4.69, 9.17) is 32.9 Å². The van der Waals surface area contributed by atoms with Crippen molar-refractivity contribution in [3.05, 3.63) is 52.4 Å². The van der Waals surface area contributed by atoms with Crippen molar-refractivity contribution in [3.8, 4) is 11.8 Å². The Balaban J connectivity index is 1.97. The molecule has 1 aromatic carbocycles. The van der Waals surface area contributed by atoms with E-state index in [2.05, 4.69) is 25.6 Å². The average Bonchev–Trinajstić information content (AvgIpc) is 3.30. The minimum atomic E-state index is -4.11. The van der Waals surface area contributed by atoms with E-state index in [1.54, 1.807) is 18.2 Å². The molecule has 3 rings (SSSR count). The van der Waals surface area contributed by atoms with Crippen LogP contribution in [0.25, 0.3) is 5.69 Å². The van der Waals surface area contributed by atoms with Gasteiger partial charge in [0.15, 0.2) is 5.82 Å². The fraction of sp³-hybridized carbons (Fsp3) is 0.320. The summed E-state index contributed by atoms with van der Waals surface area (Å²) in [6.07, 6.45) is 4.81. The van der Waals surface area contributed by atoms with E-state index < -0.39 is 27.7 Å². The number of azo groups is 1. The van der Waals surface area contributed by atoms with Gasteiger partial charge in [0.2, 0.25) is 5.91 Å². The third-order valence-electron chi connectivity index (χ3n) is 5.71. The zero-order valence-electron chi connectivity index (χ0n) is 22.2. The number of nitrogens with zero attached hydrogens (tertiary/aromatic N) is 7. The molecule has 1 amide bonds. The van der Waals surface area contributed by atoms with E-state index in [9.17, 15) is 23.3 Å². The molecule has 0 unspecified atom stereocenters. The normalized spacial score (nSPS) is 11.4. The zero-order chi connectivity index (χ0) is 30.9. The number of anilines is 2. The smallest absolute Gasteiger partial charge is 0.303 e. The number of pyridine rings is 1. The van der Waals surface area contributed by atoms with E-state index in [0.29, 0.717) is 31.6 Å². The number of hydrogen-bond donors (Lipinski definition) is 3. The predicted octanol–water partition coefficient (Wildman–Crippen LogP) is 5.16. The Labute approximate surface area is 251 Å². The molecule has 2 heterocycles. The number of carboxylic acids is 1. The molecule has 0 spiro atoms. The number of nitriles is 1. The highest BCUT2D eigenvalue weighted by Gasteiger charge is 2.18. The number of hydrogen-bond acceptors (Lipinski definition) is 10. The van der Waals surface area contributed by atoms with Crippen LogP contribution in [0.15, 0.2) is 47.0 Å². The summed E-state index contributed by atoms with van der Waals surface area (Å²) >= 11 is 12.5. The maximum atomic E-state index is 12.0. The lowest BCUT2D eigenvalue weighted by Crippen LogP contribution is -2.26. The summed E-state index contributed by atoms with van der Waals surface area (Å²) in [6, 6.07) is 6.86. The zero-order valence-corrected chi connectivity index (χ0v) is 24.6. The molecule has 17 heteroatoms. The molecule has 0 aliphatic rings. The lowest BCUT2D eigenvalue weighted by molar-refractivity contribution is -0.137. The molecular weight excluding hydrogens is 611 g/mol. The Morgan fingerprint density at radius 2 is 1.81 bits per heavy atom. The van der Waals surface area contributed by atoms with Gasteiger partial charge in [-0.25, -0.2) is 4.68 Å². The van der Waals surface area contributed by atoms with Crippen LogP contribution in [0.2, 0.25) is 10.0 Å². The Morgan fingerprint density at radius 3 is 2.43 bits per heavy atom. The molecule has 0 atom stereocenters. The maximum absolute atomic E-state index is 12.0. The molecule has 0 aliphatic heterocycles. The van der Waals surface area contributed by atoms with E-state index in [-0.39, 0.29) is 51.3 Å². The fourth-order valence-corrected chi connectivity index (χ4v) is 4.96. The fourth-order valence-electron chi connectivity index (χ4n) is 3.86. The van der Waals surface area contributed by atoms with Gasteiger partial charge in [0, 0.05) is 44.5 Å². The van der Waals surface area contributed by atoms with Crippen LogP contribution in [-0.4, -0.2) is 63.6 Å². The highest BCUT2D eigenvalue weighted by molar-refractivity contribution is 7.85. The standard InChI is InChI=1S/C25H26Cl2N8O6S/c1-16(36)31-22-11-18(34(9-4-5-23(37)38)8-2-3-10-42(39,40)41)6-7-21(22)32-33-25-17(12-28)13-30-35(25)24-19(26)14-29-15-20(24)27/h6-7,11,13-15H,2-5,8-10H2,1H3,(H,31,36)(H,37,38)(H,39,40,41). The minimum absolute atomic E-state index is 0.0273. The van der Waals surface area contributed by atoms with Gasteiger partial charge in [0.25, 0.3) is 10.1 Å². The largest absolute Gasteiger partial charge is 0.481 e. The second kappa shape index (κ2) is 14.7.